The van der Waals surface area contributed by atoms with Crippen molar-refractivity contribution >= 4 is 109 Å². The second kappa shape index (κ2) is 11.2. The molecule has 4 heteroatoms. The van der Waals surface area contributed by atoms with Gasteiger partial charge in [0.15, 0.2) is 0 Å². The quantitative estimate of drug-likeness (QED) is 0.164. The van der Waals surface area contributed by atoms with Gasteiger partial charge in [-0.05, 0) is 104 Å². The van der Waals surface area contributed by atoms with Gasteiger partial charge in [0, 0.05) is 51.7 Å². The van der Waals surface area contributed by atoms with Gasteiger partial charge in [0.1, 0.15) is 8.07 Å². The van der Waals surface area contributed by atoms with Gasteiger partial charge in [-0.3, -0.25) is 0 Å². The highest BCUT2D eigenvalue weighted by molar-refractivity contribution is 7.26. The van der Waals surface area contributed by atoms with E-state index >= 15 is 0 Å². The molecular formula is C48H33NS2Si. The van der Waals surface area contributed by atoms with E-state index in [0.717, 1.165) is 5.69 Å². The number of nitrogens with zero attached hydrogens (tertiary/aromatic N) is 1. The van der Waals surface area contributed by atoms with Crippen LogP contribution in [0.4, 0.5) is 17.1 Å². The van der Waals surface area contributed by atoms with Crippen LogP contribution in [-0.2, 0) is 0 Å². The Labute approximate surface area is 311 Å². The highest BCUT2D eigenvalue weighted by Gasteiger charge is 2.39. The second-order valence-corrected chi connectivity index (χ2v) is 21.0. The van der Waals surface area contributed by atoms with E-state index in [0.29, 0.717) is 0 Å². The molecule has 0 unspecified atom stereocenters. The van der Waals surface area contributed by atoms with Crippen LogP contribution in [0.15, 0.2) is 164 Å². The molecule has 0 bridgehead atoms. The lowest BCUT2D eigenvalue weighted by molar-refractivity contribution is 1.30. The van der Waals surface area contributed by atoms with Crippen LogP contribution in [0.5, 0.6) is 0 Å². The molecule has 2 aromatic heterocycles. The van der Waals surface area contributed by atoms with Gasteiger partial charge in [0.05, 0.1) is 5.69 Å². The van der Waals surface area contributed by atoms with Gasteiger partial charge in [-0.15, -0.1) is 22.7 Å². The maximum Gasteiger partial charge on any atom is 0.113 e. The first kappa shape index (κ1) is 30.1. The molecule has 10 aromatic rings. The fourth-order valence-electron chi connectivity index (χ4n) is 8.71. The predicted octanol–water partition coefficient (Wildman–Crippen LogP) is 13.5. The fourth-order valence-corrected chi connectivity index (χ4v) is 14.0. The first-order valence-electron chi connectivity index (χ1n) is 17.9. The average molecular weight is 716 g/mol. The highest BCUT2D eigenvalue weighted by Crippen LogP contribution is 2.47. The molecule has 52 heavy (non-hydrogen) atoms. The smallest absolute Gasteiger partial charge is 0.113 e. The topological polar surface area (TPSA) is 3.24 Å². The minimum atomic E-state index is -2.02. The Morgan fingerprint density at radius 3 is 1.87 bits per heavy atom. The molecule has 0 saturated carbocycles. The Balaban J connectivity index is 1.12. The zero-order valence-corrected chi connectivity index (χ0v) is 31.5. The normalized spacial score (nSPS) is 13.3. The van der Waals surface area contributed by atoms with Crippen LogP contribution in [0, 0.1) is 0 Å². The van der Waals surface area contributed by atoms with E-state index in [1.165, 1.54) is 89.9 Å². The summed E-state index contributed by atoms with van der Waals surface area (Å²) >= 11 is 3.80. The van der Waals surface area contributed by atoms with Gasteiger partial charge in [-0.25, -0.2) is 0 Å². The molecule has 8 aromatic carbocycles. The van der Waals surface area contributed by atoms with Crippen LogP contribution >= 0.6 is 22.7 Å². The second-order valence-electron chi connectivity index (χ2n) is 14.5. The van der Waals surface area contributed by atoms with E-state index in [4.69, 9.17) is 0 Å². The van der Waals surface area contributed by atoms with Crippen molar-refractivity contribution < 1.29 is 0 Å². The summed E-state index contributed by atoms with van der Waals surface area (Å²) in [6.45, 7) is 5.08. The summed E-state index contributed by atoms with van der Waals surface area (Å²) in [7, 11) is -2.02. The largest absolute Gasteiger partial charge is 0.310 e. The summed E-state index contributed by atoms with van der Waals surface area (Å²) in [6, 6.07) is 61.3. The zero-order chi connectivity index (χ0) is 34.6. The fraction of sp³-hybridized carbons (Fsp3) is 0.0417. The predicted molar refractivity (Wildman–Crippen MR) is 232 cm³/mol. The van der Waals surface area contributed by atoms with Crippen LogP contribution in [0.25, 0.3) is 73.4 Å². The van der Waals surface area contributed by atoms with Crippen molar-refractivity contribution in [2.75, 3.05) is 4.90 Å². The zero-order valence-electron chi connectivity index (χ0n) is 28.9. The molecule has 0 radical (unpaired) electrons. The first-order chi connectivity index (χ1) is 25.5. The minimum Gasteiger partial charge on any atom is -0.310 e. The van der Waals surface area contributed by atoms with Crippen LogP contribution < -0.4 is 15.3 Å². The average Bonchev–Trinajstić information content (AvgIpc) is 3.83. The third-order valence-electron chi connectivity index (χ3n) is 11.3. The highest BCUT2D eigenvalue weighted by atomic mass is 32.1. The van der Waals surface area contributed by atoms with Crippen molar-refractivity contribution in [2.45, 2.75) is 13.1 Å². The van der Waals surface area contributed by atoms with E-state index in [1.807, 2.05) is 22.7 Å². The van der Waals surface area contributed by atoms with Crippen molar-refractivity contribution in [3.63, 3.8) is 0 Å². The van der Waals surface area contributed by atoms with Crippen molar-refractivity contribution in [1.29, 1.82) is 0 Å². The first-order valence-corrected chi connectivity index (χ1v) is 22.6. The summed E-state index contributed by atoms with van der Waals surface area (Å²) in [5.41, 5.74) is 8.92. The minimum absolute atomic E-state index is 1.16. The molecule has 0 saturated heterocycles. The lowest BCUT2D eigenvalue weighted by Gasteiger charge is -2.28. The Kier molecular flexibility index (Phi) is 6.51. The molecule has 0 amide bonds. The van der Waals surface area contributed by atoms with E-state index < -0.39 is 8.07 Å². The van der Waals surface area contributed by atoms with Gasteiger partial charge >= 0.3 is 0 Å². The van der Waals surface area contributed by atoms with Crippen molar-refractivity contribution in [2.24, 2.45) is 0 Å². The number of anilines is 3. The van der Waals surface area contributed by atoms with Gasteiger partial charge in [0.25, 0.3) is 0 Å². The molecule has 1 nitrogen and oxygen atoms in total. The van der Waals surface area contributed by atoms with Crippen molar-refractivity contribution in [3.05, 3.63) is 164 Å². The van der Waals surface area contributed by atoms with E-state index in [-0.39, 0.29) is 0 Å². The lowest BCUT2D eigenvalue weighted by Crippen LogP contribution is -2.49. The third-order valence-corrected chi connectivity index (χ3v) is 17.0. The number of rotatable bonds is 4. The summed E-state index contributed by atoms with van der Waals surface area (Å²) in [4.78, 5) is 2.51. The maximum absolute atomic E-state index is 2.54. The molecule has 0 N–H and O–H groups in total. The van der Waals surface area contributed by atoms with Crippen LogP contribution in [0.3, 0.4) is 0 Å². The molecule has 3 heterocycles. The van der Waals surface area contributed by atoms with E-state index in [1.54, 1.807) is 5.19 Å². The van der Waals surface area contributed by atoms with Gasteiger partial charge in [-0.1, -0.05) is 116 Å². The number of hydrogen-bond donors (Lipinski definition) is 0. The summed E-state index contributed by atoms with van der Waals surface area (Å²) in [5, 5.41) is 11.0. The standard InChI is InChI=1S/C48H33NS2Si/c1-52(2)44-27-26-43-47(37-13-6-8-16-41(37)51-43)48(44)38-25-24-35(29-45(38)52)49(39-14-9-17-42-46(39)36-12-5-7-15-40(36)50-42)34-22-20-31(21-23-34)33-19-18-30-10-3-4-11-32(30)28-33/h3-29H,1-2H3. The van der Waals surface area contributed by atoms with E-state index in [9.17, 15) is 0 Å². The third kappa shape index (κ3) is 4.38. The van der Waals surface area contributed by atoms with Crippen LogP contribution in [0.1, 0.15) is 0 Å². The Hall–Kier alpha value is -5.52. The maximum atomic E-state index is 2.54. The summed E-state index contributed by atoms with van der Waals surface area (Å²) in [5.74, 6) is 0. The Morgan fingerprint density at radius 1 is 0.442 bits per heavy atom. The van der Waals surface area contributed by atoms with Crippen LogP contribution in [-0.4, -0.2) is 8.07 Å². The van der Waals surface area contributed by atoms with Crippen molar-refractivity contribution in [1.82, 2.24) is 0 Å². The number of fused-ring (bicyclic) bond motifs is 11. The monoisotopic (exact) mass is 715 g/mol. The molecule has 1 aliphatic rings. The molecule has 0 atom stereocenters. The number of thiophene rings is 2. The van der Waals surface area contributed by atoms with Gasteiger partial charge in [0.2, 0.25) is 0 Å². The molecule has 0 spiro atoms. The molecule has 0 aliphatic carbocycles. The van der Waals surface area contributed by atoms with E-state index in [2.05, 4.69) is 182 Å². The molecule has 11 rings (SSSR count). The number of hydrogen-bond acceptors (Lipinski definition) is 3. The molecular weight excluding hydrogens is 683 g/mol. The Bertz CT molecular complexity index is 3060. The molecule has 1 aliphatic heterocycles. The SMILES string of the molecule is C[Si]1(C)c2cc(N(c3ccc(-c4ccc5ccccc5c4)cc3)c3cccc4sc5ccccc5c34)ccc2-c2c1ccc1sc3ccccc3c21. The summed E-state index contributed by atoms with van der Waals surface area (Å²) < 4.78 is 5.38. The van der Waals surface area contributed by atoms with Crippen molar-refractivity contribution in [3.8, 4) is 22.3 Å². The molecule has 246 valence electrons. The lowest BCUT2D eigenvalue weighted by atomic mass is 9.98. The molecule has 0 fully saturated rings. The van der Waals surface area contributed by atoms with Gasteiger partial charge < -0.3 is 4.90 Å². The number of benzene rings is 8. The Morgan fingerprint density at radius 2 is 1.08 bits per heavy atom. The summed E-state index contributed by atoms with van der Waals surface area (Å²) in [6.07, 6.45) is 0. The van der Waals surface area contributed by atoms with Crippen LogP contribution in [0.2, 0.25) is 13.1 Å². The van der Waals surface area contributed by atoms with Gasteiger partial charge in [-0.2, -0.15) is 0 Å².